The number of hydrazine groups is 1. The monoisotopic (exact) mass is 332 g/mol. The average Bonchev–Trinajstić information content (AvgIpc) is 3.05. The van der Waals surface area contributed by atoms with E-state index in [-0.39, 0.29) is 11.0 Å². The van der Waals surface area contributed by atoms with Gasteiger partial charge in [0, 0.05) is 23.3 Å². The molecule has 0 saturated carbocycles. The smallest absolute Gasteiger partial charge is 0.271 e. The van der Waals surface area contributed by atoms with Crippen molar-refractivity contribution in [3.63, 3.8) is 0 Å². The van der Waals surface area contributed by atoms with E-state index >= 15 is 0 Å². The number of pyridine rings is 1. The van der Waals surface area contributed by atoms with Gasteiger partial charge in [0.1, 0.15) is 0 Å². The zero-order chi connectivity index (χ0) is 15.8. The number of nitrogens with one attached hydrogen (secondary N) is 3. The number of carbonyl (C=O) groups excluding carboxylic acids is 2. The molecule has 2 rings (SSSR count). The molecule has 0 aliphatic rings. The Morgan fingerprint density at radius 1 is 1.23 bits per heavy atom. The van der Waals surface area contributed by atoms with Gasteiger partial charge in [-0.2, -0.15) is 0 Å². The molecule has 2 amide bonds. The van der Waals surface area contributed by atoms with E-state index in [1.807, 2.05) is 17.5 Å². The average molecular weight is 332 g/mol. The number of thiophene rings is 1. The third-order valence-corrected chi connectivity index (χ3v) is 3.43. The molecule has 0 fully saturated rings. The molecule has 0 aromatic carbocycles. The molecule has 6 nitrogen and oxygen atoms in total. The lowest BCUT2D eigenvalue weighted by molar-refractivity contribution is -0.115. The Morgan fingerprint density at radius 2 is 2.09 bits per heavy atom. The Morgan fingerprint density at radius 3 is 2.77 bits per heavy atom. The summed E-state index contributed by atoms with van der Waals surface area (Å²) in [6, 6.07) is 7.03. The van der Waals surface area contributed by atoms with Gasteiger partial charge in [0.15, 0.2) is 5.11 Å². The first-order valence-electron chi connectivity index (χ1n) is 6.18. The largest absolute Gasteiger partial charge is 0.298 e. The molecule has 22 heavy (non-hydrogen) atoms. The van der Waals surface area contributed by atoms with Gasteiger partial charge in [0.05, 0.1) is 5.56 Å². The fourth-order valence-corrected chi connectivity index (χ4v) is 2.18. The van der Waals surface area contributed by atoms with Gasteiger partial charge in [-0.3, -0.25) is 30.7 Å². The lowest BCUT2D eigenvalue weighted by Crippen LogP contribution is -2.48. The van der Waals surface area contributed by atoms with Gasteiger partial charge in [-0.1, -0.05) is 6.07 Å². The van der Waals surface area contributed by atoms with E-state index in [9.17, 15) is 9.59 Å². The molecule has 2 aromatic heterocycles. The van der Waals surface area contributed by atoms with E-state index < -0.39 is 5.91 Å². The zero-order valence-corrected chi connectivity index (χ0v) is 12.9. The number of thiocarbonyl (C=S) groups is 1. The van der Waals surface area contributed by atoms with Crippen molar-refractivity contribution in [2.75, 3.05) is 0 Å². The van der Waals surface area contributed by atoms with Crippen molar-refractivity contribution in [3.8, 4) is 0 Å². The number of amides is 2. The van der Waals surface area contributed by atoms with Crippen molar-refractivity contribution in [1.29, 1.82) is 0 Å². The summed E-state index contributed by atoms with van der Waals surface area (Å²) in [6.45, 7) is 0. The van der Waals surface area contributed by atoms with Gasteiger partial charge >= 0.3 is 0 Å². The summed E-state index contributed by atoms with van der Waals surface area (Å²) < 4.78 is 0. The molecule has 0 bridgehead atoms. The van der Waals surface area contributed by atoms with Crippen LogP contribution in [-0.4, -0.2) is 21.9 Å². The van der Waals surface area contributed by atoms with Crippen LogP contribution >= 0.6 is 23.6 Å². The number of hydrogen-bond donors (Lipinski definition) is 3. The molecule has 0 atom stereocenters. The van der Waals surface area contributed by atoms with Crippen molar-refractivity contribution < 1.29 is 9.59 Å². The van der Waals surface area contributed by atoms with Crippen LogP contribution in [0.2, 0.25) is 0 Å². The molecule has 0 unspecified atom stereocenters. The molecular weight excluding hydrogens is 320 g/mol. The highest BCUT2D eigenvalue weighted by atomic mass is 32.1. The molecule has 2 aromatic rings. The van der Waals surface area contributed by atoms with Gasteiger partial charge in [-0.05, 0) is 41.9 Å². The second kappa shape index (κ2) is 8.01. The Hall–Kier alpha value is -2.58. The van der Waals surface area contributed by atoms with Crippen molar-refractivity contribution >= 4 is 46.6 Å². The maximum absolute atomic E-state index is 11.7. The quantitative estimate of drug-likeness (QED) is 0.451. The molecule has 0 saturated heterocycles. The first-order chi connectivity index (χ1) is 10.6. The van der Waals surface area contributed by atoms with Gasteiger partial charge < -0.3 is 0 Å². The highest BCUT2D eigenvalue weighted by Gasteiger charge is 2.06. The van der Waals surface area contributed by atoms with Crippen LogP contribution in [0.1, 0.15) is 15.2 Å². The van der Waals surface area contributed by atoms with E-state index in [0.717, 1.165) is 4.88 Å². The molecule has 0 aliphatic carbocycles. The number of nitrogens with zero attached hydrogens (tertiary/aromatic N) is 1. The fraction of sp³-hybridized carbons (Fsp3) is 0. The lowest BCUT2D eigenvalue weighted by Gasteiger charge is -2.09. The summed E-state index contributed by atoms with van der Waals surface area (Å²) in [5.41, 5.74) is 5.19. The Balaban J connectivity index is 1.76. The highest BCUT2D eigenvalue weighted by Crippen LogP contribution is 2.09. The minimum Gasteiger partial charge on any atom is -0.298 e. The SMILES string of the molecule is O=C(/C=C/c1cccs1)NC(=S)NNC(=O)c1cccnc1. The molecule has 0 aliphatic heterocycles. The van der Waals surface area contributed by atoms with Crippen LogP contribution in [0.3, 0.4) is 0 Å². The standard InChI is InChI=1S/C14H12N4O2S2/c19-12(6-5-11-4-2-8-22-11)16-14(21)18-17-13(20)10-3-1-7-15-9-10/h1-9H,(H,17,20)(H2,16,18,19,21)/b6-5+. The third kappa shape index (κ3) is 5.08. The highest BCUT2D eigenvalue weighted by molar-refractivity contribution is 7.80. The first kappa shape index (κ1) is 15.8. The molecule has 0 spiro atoms. The molecular formula is C14H12N4O2S2. The summed E-state index contributed by atoms with van der Waals surface area (Å²) in [5.74, 6) is -0.791. The van der Waals surface area contributed by atoms with Crippen LogP contribution in [0.5, 0.6) is 0 Å². The van der Waals surface area contributed by atoms with Gasteiger partial charge in [-0.25, -0.2) is 0 Å². The predicted molar refractivity (Wildman–Crippen MR) is 88.9 cm³/mol. The molecule has 0 radical (unpaired) electrons. The number of carbonyl (C=O) groups is 2. The van der Waals surface area contributed by atoms with Crippen LogP contribution in [0.25, 0.3) is 6.08 Å². The Bertz CT molecular complexity index is 684. The Labute approximate surface area is 136 Å². The maximum atomic E-state index is 11.7. The van der Waals surface area contributed by atoms with Crippen molar-refractivity contribution in [2.24, 2.45) is 0 Å². The number of aromatic nitrogens is 1. The summed E-state index contributed by atoms with van der Waals surface area (Å²) in [7, 11) is 0. The van der Waals surface area contributed by atoms with E-state index in [2.05, 4.69) is 21.2 Å². The van der Waals surface area contributed by atoms with Crippen LogP contribution in [-0.2, 0) is 4.79 Å². The number of rotatable bonds is 3. The third-order valence-electron chi connectivity index (χ3n) is 2.39. The summed E-state index contributed by atoms with van der Waals surface area (Å²) in [4.78, 5) is 28.1. The minimum atomic E-state index is -0.404. The van der Waals surface area contributed by atoms with Crippen LogP contribution in [0, 0.1) is 0 Å². The van der Waals surface area contributed by atoms with Gasteiger partial charge in [0.25, 0.3) is 5.91 Å². The fourth-order valence-electron chi connectivity index (χ4n) is 1.41. The van der Waals surface area contributed by atoms with Crippen LogP contribution < -0.4 is 16.2 Å². The van der Waals surface area contributed by atoms with Gasteiger partial charge in [-0.15, -0.1) is 11.3 Å². The second-order valence-corrected chi connectivity index (χ2v) is 5.38. The lowest BCUT2D eigenvalue weighted by atomic mass is 10.3. The Kier molecular flexibility index (Phi) is 5.75. The predicted octanol–water partition coefficient (Wildman–Crippen LogP) is 1.49. The summed E-state index contributed by atoms with van der Waals surface area (Å²) in [6.07, 6.45) is 6.02. The van der Waals surface area contributed by atoms with E-state index in [4.69, 9.17) is 12.2 Å². The van der Waals surface area contributed by atoms with Crippen molar-refractivity contribution in [1.82, 2.24) is 21.2 Å². The molecule has 8 heteroatoms. The molecule has 112 valence electrons. The first-order valence-corrected chi connectivity index (χ1v) is 7.47. The normalized spacial score (nSPS) is 10.2. The van der Waals surface area contributed by atoms with E-state index in [1.54, 1.807) is 24.4 Å². The summed E-state index contributed by atoms with van der Waals surface area (Å²) in [5, 5.41) is 4.33. The summed E-state index contributed by atoms with van der Waals surface area (Å²) >= 11 is 6.43. The molecule has 2 heterocycles. The minimum absolute atomic E-state index is 0.00179. The number of hydrogen-bond acceptors (Lipinski definition) is 5. The van der Waals surface area contributed by atoms with Crippen LogP contribution in [0.15, 0.2) is 48.1 Å². The zero-order valence-electron chi connectivity index (χ0n) is 11.3. The van der Waals surface area contributed by atoms with E-state index in [1.165, 1.54) is 23.6 Å². The molecule has 3 N–H and O–H groups in total. The van der Waals surface area contributed by atoms with E-state index in [0.29, 0.717) is 5.56 Å². The van der Waals surface area contributed by atoms with Gasteiger partial charge in [0.2, 0.25) is 5.91 Å². The van der Waals surface area contributed by atoms with Crippen LogP contribution in [0.4, 0.5) is 0 Å². The van der Waals surface area contributed by atoms with Crippen molar-refractivity contribution in [2.45, 2.75) is 0 Å². The topological polar surface area (TPSA) is 83.1 Å². The maximum Gasteiger partial charge on any atom is 0.271 e. The van der Waals surface area contributed by atoms with Crippen molar-refractivity contribution in [3.05, 3.63) is 58.6 Å². The second-order valence-electron chi connectivity index (χ2n) is 3.99.